The topological polar surface area (TPSA) is 89.6 Å². The monoisotopic (exact) mass is 428 g/mol. The van der Waals surface area contributed by atoms with E-state index in [2.05, 4.69) is 14.7 Å². The number of amidine groups is 1. The Morgan fingerprint density at radius 3 is 2.67 bits per heavy atom. The summed E-state index contributed by atoms with van der Waals surface area (Å²) in [7, 11) is 1.46. The predicted molar refractivity (Wildman–Crippen MR) is 114 cm³/mol. The molecule has 9 heteroatoms. The van der Waals surface area contributed by atoms with Crippen molar-refractivity contribution in [2.24, 2.45) is 10.7 Å². The number of aliphatic imine (C=N–C) groups is 1. The van der Waals surface area contributed by atoms with E-state index in [0.717, 1.165) is 23.6 Å². The van der Waals surface area contributed by atoms with Crippen molar-refractivity contribution in [3.05, 3.63) is 65.9 Å². The number of halogens is 2. The number of methoxy groups -OCH3 is 1. The maximum Gasteiger partial charge on any atom is 0.237 e. The molecule has 0 amide bonds. The highest BCUT2D eigenvalue weighted by atomic mass is 32.2. The summed E-state index contributed by atoms with van der Waals surface area (Å²) in [5, 5.41) is 0. The second-order valence-corrected chi connectivity index (χ2v) is 7.05. The first-order valence-corrected chi connectivity index (χ1v) is 9.55. The molecular formula is C21H18F2N4O2S. The molecule has 0 bridgehead atoms. The largest absolute Gasteiger partial charge is 0.480 e. The Balaban J connectivity index is 1.92. The molecule has 30 heavy (non-hydrogen) atoms. The van der Waals surface area contributed by atoms with Gasteiger partial charge in [0, 0.05) is 23.4 Å². The summed E-state index contributed by atoms with van der Waals surface area (Å²) in [6.07, 6.45) is 2.29. The molecule has 0 aliphatic carbocycles. The lowest BCUT2D eigenvalue weighted by Crippen LogP contribution is -2.04. The number of nitrogens with two attached hydrogens (primary N) is 1. The summed E-state index contributed by atoms with van der Waals surface area (Å²) >= 11 is 0.960. The lowest BCUT2D eigenvalue weighted by Gasteiger charge is -2.12. The molecule has 0 fully saturated rings. The normalized spacial score (nSPS) is 11.3. The summed E-state index contributed by atoms with van der Waals surface area (Å²) in [6, 6.07) is 10.2. The molecule has 0 aliphatic heterocycles. The number of carbonyl (C=O) groups is 1. The van der Waals surface area contributed by atoms with Gasteiger partial charge in [-0.25, -0.2) is 18.8 Å². The first-order valence-electron chi connectivity index (χ1n) is 8.73. The highest BCUT2D eigenvalue weighted by Crippen LogP contribution is 2.33. The minimum Gasteiger partial charge on any atom is -0.480 e. The molecule has 154 valence electrons. The summed E-state index contributed by atoms with van der Waals surface area (Å²) in [5.41, 5.74) is 8.35. The van der Waals surface area contributed by atoms with Crippen LogP contribution in [0.5, 0.6) is 5.88 Å². The third kappa shape index (κ3) is 4.93. The van der Waals surface area contributed by atoms with Crippen molar-refractivity contribution in [2.75, 3.05) is 11.8 Å². The highest BCUT2D eigenvalue weighted by Gasteiger charge is 2.12. The van der Waals surface area contributed by atoms with Gasteiger partial charge < -0.3 is 15.2 Å². The Morgan fingerprint density at radius 1 is 1.20 bits per heavy atom. The molecule has 2 aromatic carbocycles. The smallest absolute Gasteiger partial charge is 0.237 e. The number of nitrogens with one attached hydrogen (secondary N) is 1. The number of nitrogens with zero attached hydrogens (tertiary/aromatic N) is 2. The van der Waals surface area contributed by atoms with Crippen molar-refractivity contribution in [2.45, 2.75) is 11.8 Å². The number of rotatable bonds is 7. The lowest BCUT2D eigenvalue weighted by atomic mass is 10.0. The molecule has 0 saturated carbocycles. The molecule has 1 aromatic heterocycles. The number of benzene rings is 2. The van der Waals surface area contributed by atoms with Crippen molar-refractivity contribution in [1.29, 1.82) is 0 Å². The van der Waals surface area contributed by atoms with E-state index in [9.17, 15) is 13.6 Å². The summed E-state index contributed by atoms with van der Waals surface area (Å²) in [4.78, 5) is 20.1. The van der Waals surface area contributed by atoms with E-state index < -0.39 is 11.6 Å². The van der Waals surface area contributed by atoms with E-state index in [1.54, 1.807) is 37.4 Å². The number of ether oxygens (including phenoxy) is 1. The van der Waals surface area contributed by atoms with Crippen molar-refractivity contribution in [3.8, 4) is 17.0 Å². The number of aromatic nitrogens is 1. The number of aldehydes is 1. The summed E-state index contributed by atoms with van der Waals surface area (Å²) in [5.74, 6) is -0.697. The molecule has 0 radical (unpaired) electrons. The Kier molecular flexibility index (Phi) is 6.63. The fraction of sp³-hybridized carbons (Fsp3) is 0.0952. The minimum atomic E-state index is -0.683. The summed E-state index contributed by atoms with van der Waals surface area (Å²) in [6.45, 7) is 1.63. The number of carbonyl (C=O) groups excluding carboxylic acids is 1. The quantitative estimate of drug-likeness (QED) is 0.239. The molecular weight excluding hydrogens is 410 g/mol. The van der Waals surface area contributed by atoms with Crippen LogP contribution in [0, 0.1) is 11.6 Å². The van der Waals surface area contributed by atoms with Gasteiger partial charge in [0.1, 0.15) is 17.3 Å². The molecule has 3 rings (SSSR count). The van der Waals surface area contributed by atoms with Gasteiger partial charge in [-0.2, -0.15) is 0 Å². The molecule has 6 nitrogen and oxygen atoms in total. The zero-order valence-electron chi connectivity index (χ0n) is 16.1. The van der Waals surface area contributed by atoms with E-state index in [0.29, 0.717) is 40.5 Å². The van der Waals surface area contributed by atoms with Gasteiger partial charge in [-0.1, -0.05) is 6.07 Å². The predicted octanol–water partition coefficient (Wildman–Crippen LogP) is 4.98. The Morgan fingerprint density at radius 2 is 2.00 bits per heavy atom. The Hall–Kier alpha value is -3.46. The standard InChI is InChI=1S/C21H18F2N4O2S/c1-12(24)26-18-5-3-13(7-15(18)11-28)14-8-19(21(29-2)25-10-14)27-30-20-6-4-16(22)9-17(20)23/h3-11,27H,1-2H3,(H2,24,26). The van der Waals surface area contributed by atoms with Crippen LogP contribution in [-0.4, -0.2) is 24.2 Å². The Labute approximate surface area is 176 Å². The van der Waals surface area contributed by atoms with Crippen LogP contribution < -0.4 is 15.2 Å². The van der Waals surface area contributed by atoms with E-state index in [4.69, 9.17) is 10.5 Å². The second kappa shape index (κ2) is 9.36. The molecule has 0 saturated heterocycles. The fourth-order valence-electron chi connectivity index (χ4n) is 2.63. The molecule has 0 unspecified atom stereocenters. The minimum absolute atomic E-state index is 0.214. The van der Waals surface area contributed by atoms with Crippen LogP contribution in [0.15, 0.2) is 58.5 Å². The molecule has 0 atom stereocenters. The molecule has 0 spiro atoms. The molecule has 3 aromatic rings. The van der Waals surface area contributed by atoms with Crippen LogP contribution in [-0.2, 0) is 0 Å². The number of pyridine rings is 1. The number of anilines is 1. The number of hydrogen-bond donors (Lipinski definition) is 2. The zero-order valence-corrected chi connectivity index (χ0v) is 17.0. The van der Waals surface area contributed by atoms with Crippen LogP contribution >= 0.6 is 11.9 Å². The van der Waals surface area contributed by atoms with E-state index in [1.807, 2.05) is 0 Å². The van der Waals surface area contributed by atoms with Crippen LogP contribution in [0.2, 0.25) is 0 Å². The van der Waals surface area contributed by atoms with Gasteiger partial charge in [-0.3, -0.25) is 4.79 Å². The zero-order chi connectivity index (χ0) is 21.7. The van der Waals surface area contributed by atoms with E-state index in [1.165, 1.54) is 19.2 Å². The van der Waals surface area contributed by atoms with Crippen LogP contribution in [0.3, 0.4) is 0 Å². The van der Waals surface area contributed by atoms with Gasteiger partial charge in [-0.05, 0) is 54.8 Å². The van der Waals surface area contributed by atoms with Gasteiger partial charge >= 0.3 is 0 Å². The fourth-order valence-corrected chi connectivity index (χ4v) is 3.29. The van der Waals surface area contributed by atoms with Crippen molar-refractivity contribution in [1.82, 2.24) is 4.98 Å². The van der Waals surface area contributed by atoms with E-state index in [-0.39, 0.29) is 4.90 Å². The van der Waals surface area contributed by atoms with Crippen molar-refractivity contribution >= 4 is 35.4 Å². The number of hydrogen-bond acceptors (Lipinski definition) is 6. The Bertz CT molecular complexity index is 1120. The molecule has 1 heterocycles. The first-order chi connectivity index (χ1) is 14.4. The van der Waals surface area contributed by atoms with Gasteiger partial charge in [0.25, 0.3) is 0 Å². The average Bonchev–Trinajstić information content (AvgIpc) is 2.73. The average molecular weight is 428 g/mol. The van der Waals surface area contributed by atoms with Crippen LogP contribution in [0.4, 0.5) is 20.2 Å². The van der Waals surface area contributed by atoms with Gasteiger partial charge in [0.2, 0.25) is 5.88 Å². The maximum absolute atomic E-state index is 13.9. The third-order valence-corrected chi connectivity index (χ3v) is 4.87. The van der Waals surface area contributed by atoms with Crippen molar-refractivity contribution in [3.63, 3.8) is 0 Å². The van der Waals surface area contributed by atoms with Gasteiger partial charge in [0.05, 0.1) is 23.5 Å². The van der Waals surface area contributed by atoms with Gasteiger partial charge in [0.15, 0.2) is 6.29 Å². The van der Waals surface area contributed by atoms with E-state index >= 15 is 0 Å². The summed E-state index contributed by atoms with van der Waals surface area (Å²) < 4.78 is 35.2. The maximum atomic E-state index is 13.9. The van der Waals surface area contributed by atoms with Gasteiger partial charge in [-0.15, -0.1) is 0 Å². The van der Waals surface area contributed by atoms with Crippen LogP contribution in [0.25, 0.3) is 11.1 Å². The first kappa shape index (κ1) is 21.3. The SMILES string of the molecule is COc1ncc(-c2ccc(N=C(C)N)c(C=O)c2)cc1NSc1ccc(F)cc1F. The van der Waals surface area contributed by atoms with Crippen molar-refractivity contribution < 1.29 is 18.3 Å². The molecule has 3 N–H and O–H groups in total. The lowest BCUT2D eigenvalue weighted by molar-refractivity contribution is 0.112. The second-order valence-electron chi connectivity index (χ2n) is 6.20. The third-order valence-electron chi connectivity index (χ3n) is 3.99. The highest BCUT2D eigenvalue weighted by molar-refractivity contribution is 8.00. The van der Waals surface area contributed by atoms with Crippen LogP contribution in [0.1, 0.15) is 17.3 Å². The molecule has 0 aliphatic rings.